The molecule has 0 atom stereocenters. The van der Waals surface area contributed by atoms with E-state index < -0.39 is 0 Å². The quantitative estimate of drug-likeness (QED) is 0.550. The fraction of sp³-hybridized carbons (Fsp3) is 0.533. The molecule has 0 amide bonds. The lowest BCUT2D eigenvalue weighted by Crippen LogP contribution is -2.19. The van der Waals surface area contributed by atoms with Crippen LogP contribution in [0.5, 0.6) is 5.75 Å². The third-order valence-electron chi connectivity index (χ3n) is 2.54. The first-order chi connectivity index (χ1) is 9.26. The summed E-state index contributed by atoms with van der Waals surface area (Å²) < 4.78 is 10.4. The van der Waals surface area contributed by atoms with Crippen LogP contribution in [0.25, 0.3) is 0 Å². The third-order valence-corrected chi connectivity index (χ3v) is 2.54. The van der Waals surface area contributed by atoms with Crippen molar-refractivity contribution in [3.63, 3.8) is 0 Å². The number of rotatable bonds is 9. The third kappa shape index (κ3) is 6.82. The van der Waals surface area contributed by atoms with Gasteiger partial charge in [-0.2, -0.15) is 0 Å². The van der Waals surface area contributed by atoms with E-state index >= 15 is 0 Å². The SMILES string of the molecule is CCCOc1ccc(CNCCC(=O)OCC)cc1. The Balaban J connectivity index is 2.20. The number of carbonyl (C=O) groups excluding carboxylic acids is 1. The fourth-order valence-electron chi connectivity index (χ4n) is 1.58. The number of carbonyl (C=O) groups is 1. The number of nitrogens with one attached hydrogen (secondary N) is 1. The van der Waals surface area contributed by atoms with Crippen LogP contribution in [0.15, 0.2) is 24.3 Å². The molecule has 0 heterocycles. The zero-order valence-electron chi connectivity index (χ0n) is 11.8. The van der Waals surface area contributed by atoms with Crippen molar-refractivity contribution >= 4 is 5.97 Å². The molecule has 1 rings (SSSR count). The molecular weight excluding hydrogens is 242 g/mol. The van der Waals surface area contributed by atoms with Gasteiger partial charge in [0.15, 0.2) is 0 Å². The Kier molecular flexibility index (Phi) is 7.66. The van der Waals surface area contributed by atoms with Gasteiger partial charge in [0.1, 0.15) is 5.75 Å². The van der Waals surface area contributed by atoms with E-state index in [0.29, 0.717) is 19.6 Å². The minimum Gasteiger partial charge on any atom is -0.494 e. The van der Waals surface area contributed by atoms with E-state index in [-0.39, 0.29) is 5.97 Å². The number of hydrogen-bond acceptors (Lipinski definition) is 4. The first-order valence-electron chi connectivity index (χ1n) is 6.84. The van der Waals surface area contributed by atoms with Crippen molar-refractivity contribution in [2.75, 3.05) is 19.8 Å². The van der Waals surface area contributed by atoms with E-state index in [1.54, 1.807) is 0 Å². The van der Waals surface area contributed by atoms with Gasteiger partial charge in [0, 0.05) is 13.1 Å². The van der Waals surface area contributed by atoms with Crippen LogP contribution in [0.2, 0.25) is 0 Å². The maximum absolute atomic E-state index is 11.1. The van der Waals surface area contributed by atoms with E-state index in [1.807, 2.05) is 31.2 Å². The maximum atomic E-state index is 11.1. The lowest BCUT2D eigenvalue weighted by atomic mass is 10.2. The summed E-state index contributed by atoms with van der Waals surface area (Å²) in [5, 5.41) is 3.21. The number of ether oxygens (including phenoxy) is 2. The summed E-state index contributed by atoms with van der Waals surface area (Å²) in [4.78, 5) is 11.1. The van der Waals surface area contributed by atoms with Crippen molar-refractivity contribution in [1.29, 1.82) is 0 Å². The van der Waals surface area contributed by atoms with Gasteiger partial charge in [0.05, 0.1) is 19.6 Å². The molecule has 106 valence electrons. The molecule has 0 aliphatic carbocycles. The molecule has 4 heteroatoms. The molecule has 0 aliphatic rings. The first-order valence-corrected chi connectivity index (χ1v) is 6.84. The Hall–Kier alpha value is -1.55. The molecule has 19 heavy (non-hydrogen) atoms. The minimum absolute atomic E-state index is 0.154. The highest BCUT2D eigenvalue weighted by molar-refractivity contribution is 5.69. The molecule has 1 aromatic carbocycles. The summed E-state index contributed by atoms with van der Waals surface area (Å²) in [5.41, 5.74) is 1.17. The monoisotopic (exact) mass is 265 g/mol. The highest BCUT2D eigenvalue weighted by Gasteiger charge is 2.00. The van der Waals surface area contributed by atoms with Gasteiger partial charge >= 0.3 is 5.97 Å². The Labute approximate surface area is 115 Å². The van der Waals surface area contributed by atoms with Gasteiger partial charge in [-0.25, -0.2) is 0 Å². The van der Waals surface area contributed by atoms with Gasteiger partial charge < -0.3 is 14.8 Å². The number of benzene rings is 1. The van der Waals surface area contributed by atoms with Gasteiger partial charge in [0.2, 0.25) is 0 Å². The van der Waals surface area contributed by atoms with Crippen LogP contribution in [0, 0.1) is 0 Å². The average molecular weight is 265 g/mol. The molecule has 1 aromatic rings. The van der Waals surface area contributed by atoms with E-state index in [0.717, 1.165) is 25.3 Å². The highest BCUT2D eigenvalue weighted by atomic mass is 16.5. The molecule has 0 saturated heterocycles. The molecule has 0 spiro atoms. The first kappa shape index (κ1) is 15.5. The molecule has 4 nitrogen and oxygen atoms in total. The zero-order valence-corrected chi connectivity index (χ0v) is 11.8. The van der Waals surface area contributed by atoms with Crippen molar-refractivity contribution in [3.8, 4) is 5.75 Å². The lowest BCUT2D eigenvalue weighted by Gasteiger charge is -2.07. The van der Waals surface area contributed by atoms with Crippen LogP contribution in [0.4, 0.5) is 0 Å². The summed E-state index contributed by atoms with van der Waals surface area (Å²) in [5.74, 6) is 0.746. The van der Waals surface area contributed by atoms with Crippen LogP contribution in [0.1, 0.15) is 32.3 Å². The second-order valence-corrected chi connectivity index (χ2v) is 4.22. The van der Waals surface area contributed by atoms with Gasteiger partial charge in [-0.15, -0.1) is 0 Å². The second-order valence-electron chi connectivity index (χ2n) is 4.22. The fourth-order valence-corrected chi connectivity index (χ4v) is 1.58. The highest BCUT2D eigenvalue weighted by Crippen LogP contribution is 2.12. The molecule has 0 radical (unpaired) electrons. The van der Waals surface area contributed by atoms with Gasteiger partial charge in [-0.05, 0) is 31.0 Å². The topological polar surface area (TPSA) is 47.6 Å². The molecule has 1 N–H and O–H groups in total. The number of esters is 1. The molecular formula is C15H23NO3. The number of hydrogen-bond donors (Lipinski definition) is 1. The summed E-state index contributed by atoms with van der Waals surface area (Å²) in [6.45, 7) is 6.46. The van der Waals surface area contributed by atoms with Crippen LogP contribution >= 0.6 is 0 Å². The normalized spacial score (nSPS) is 10.2. The van der Waals surface area contributed by atoms with Crippen LogP contribution in [-0.4, -0.2) is 25.7 Å². The van der Waals surface area contributed by atoms with E-state index in [2.05, 4.69) is 12.2 Å². The van der Waals surface area contributed by atoms with Crippen molar-refractivity contribution in [1.82, 2.24) is 5.32 Å². The molecule has 0 fully saturated rings. The summed E-state index contributed by atoms with van der Waals surface area (Å²) in [6.07, 6.45) is 1.42. The standard InChI is InChI=1S/C15H23NO3/c1-3-11-19-14-7-5-13(6-8-14)12-16-10-9-15(17)18-4-2/h5-8,16H,3-4,9-12H2,1-2H3. The van der Waals surface area contributed by atoms with Crippen molar-refractivity contribution in [3.05, 3.63) is 29.8 Å². The molecule has 0 aromatic heterocycles. The molecule has 0 saturated carbocycles. The second kappa shape index (κ2) is 9.39. The predicted octanol–water partition coefficient (Wildman–Crippen LogP) is 2.52. The largest absolute Gasteiger partial charge is 0.494 e. The Morgan fingerprint density at radius 3 is 2.58 bits per heavy atom. The molecule has 0 bridgehead atoms. The van der Waals surface area contributed by atoms with Crippen molar-refractivity contribution in [2.24, 2.45) is 0 Å². The van der Waals surface area contributed by atoms with Crippen LogP contribution in [-0.2, 0) is 16.1 Å². The van der Waals surface area contributed by atoms with Crippen LogP contribution in [0.3, 0.4) is 0 Å². The maximum Gasteiger partial charge on any atom is 0.307 e. The molecule has 0 unspecified atom stereocenters. The Bertz CT molecular complexity index is 362. The van der Waals surface area contributed by atoms with E-state index in [4.69, 9.17) is 9.47 Å². The molecule has 0 aliphatic heterocycles. The van der Waals surface area contributed by atoms with E-state index in [1.165, 1.54) is 5.56 Å². The van der Waals surface area contributed by atoms with Gasteiger partial charge in [0.25, 0.3) is 0 Å². The zero-order chi connectivity index (χ0) is 13.9. The van der Waals surface area contributed by atoms with Crippen LogP contribution < -0.4 is 10.1 Å². The predicted molar refractivity (Wildman–Crippen MR) is 75.2 cm³/mol. The summed E-state index contributed by atoms with van der Waals surface area (Å²) >= 11 is 0. The van der Waals surface area contributed by atoms with Gasteiger partial charge in [-0.1, -0.05) is 19.1 Å². The van der Waals surface area contributed by atoms with Gasteiger partial charge in [-0.3, -0.25) is 4.79 Å². The summed E-state index contributed by atoms with van der Waals surface area (Å²) in [7, 11) is 0. The Morgan fingerprint density at radius 2 is 1.95 bits per heavy atom. The van der Waals surface area contributed by atoms with Crippen molar-refractivity contribution < 1.29 is 14.3 Å². The lowest BCUT2D eigenvalue weighted by molar-refractivity contribution is -0.142. The minimum atomic E-state index is -0.154. The van der Waals surface area contributed by atoms with Crippen molar-refractivity contribution in [2.45, 2.75) is 33.2 Å². The average Bonchev–Trinajstić information content (AvgIpc) is 2.43. The summed E-state index contributed by atoms with van der Waals surface area (Å²) in [6, 6.07) is 8.00. The smallest absolute Gasteiger partial charge is 0.307 e. The Morgan fingerprint density at radius 1 is 1.21 bits per heavy atom. The van der Waals surface area contributed by atoms with E-state index in [9.17, 15) is 4.79 Å².